The van der Waals surface area contributed by atoms with Crippen LogP contribution in [0.3, 0.4) is 0 Å². The first-order valence-electron chi connectivity index (χ1n) is 10.7. The molecule has 7 heteroatoms. The molecule has 7 nitrogen and oxygen atoms in total. The molecule has 2 aromatic rings. The Morgan fingerprint density at radius 3 is 2.86 bits per heavy atom. The van der Waals surface area contributed by atoms with E-state index in [1.807, 2.05) is 22.2 Å². The number of piperidine rings is 1. The number of nitrogens with zero attached hydrogens (tertiary/aromatic N) is 3. The van der Waals surface area contributed by atoms with E-state index in [4.69, 9.17) is 0 Å². The molecule has 2 bridgehead atoms. The fourth-order valence-electron chi connectivity index (χ4n) is 5.05. The van der Waals surface area contributed by atoms with Gasteiger partial charge in [-0.05, 0) is 63.8 Å². The van der Waals surface area contributed by atoms with Crippen LogP contribution in [0.15, 0.2) is 23.0 Å². The molecule has 154 valence electrons. The zero-order valence-electron chi connectivity index (χ0n) is 17.2. The van der Waals surface area contributed by atoms with Crippen LogP contribution >= 0.6 is 0 Å². The molecule has 29 heavy (non-hydrogen) atoms. The summed E-state index contributed by atoms with van der Waals surface area (Å²) in [5.74, 6) is 0.606. The van der Waals surface area contributed by atoms with Crippen molar-refractivity contribution in [2.45, 2.75) is 52.1 Å². The average Bonchev–Trinajstić information content (AvgIpc) is 3.39. The van der Waals surface area contributed by atoms with E-state index in [1.165, 1.54) is 0 Å². The molecule has 2 aromatic heterocycles. The van der Waals surface area contributed by atoms with E-state index in [1.54, 1.807) is 6.07 Å². The maximum atomic E-state index is 13.0. The predicted octanol–water partition coefficient (Wildman–Crippen LogP) is 1.58. The van der Waals surface area contributed by atoms with Crippen molar-refractivity contribution in [1.82, 2.24) is 25.0 Å². The van der Waals surface area contributed by atoms with Gasteiger partial charge in [0.25, 0.3) is 11.5 Å². The van der Waals surface area contributed by atoms with Crippen molar-refractivity contribution in [3.8, 4) is 0 Å². The minimum Gasteiger partial charge on any atom is -0.351 e. The lowest BCUT2D eigenvalue weighted by atomic mass is 9.84. The third kappa shape index (κ3) is 3.41. The Kier molecular flexibility index (Phi) is 4.38. The van der Waals surface area contributed by atoms with E-state index >= 15 is 0 Å². The molecule has 1 amide bonds. The second-order valence-corrected chi connectivity index (χ2v) is 9.31. The number of pyridine rings is 1. The summed E-state index contributed by atoms with van der Waals surface area (Å²) < 4.78 is 3.88. The summed E-state index contributed by atoms with van der Waals surface area (Å²) in [5.41, 5.74) is 3.42. The van der Waals surface area contributed by atoms with Crippen LogP contribution in [-0.4, -0.2) is 39.9 Å². The van der Waals surface area contributed by atoms with E-state index in [0.717, 1.165) is 56.0 Å². The van der Waals surface area contributed by atoms with Gasteiger partial charge in [-0.15, -0.1) is 0 Å². The topological polar surface area (TPSA) is 81.0 Å². The quantitative estimate of drug-likeness (QED) is 0.806. The molecule has 1 saturated heterocycles. The predicted molar refractivity (Wildman–Crippen MR) is 110 cm³/mol. The monoisotopic (exact) mass is 395 g/mol. The first-order valence-corrected chi connectivity index (χ1v) is 10.7. The van der Waals surface area contributed by atoms with Crippen molar-refractivity contribution in [1.29, 1.82) is 0 Å². The number of rotatable bonds is 5. The standard InChI is InChI=1S/C22H29N5O2/c1-14-7-15(2)27(25-14)13-22(5-6-22)12-24-20(28)18-3-4-19-17-8-16(9-23-10-17)11-26(19)21(18)29/h3-4,7,16-17,23H,5-6,8-13H2,1-2H3,(H,24,28)/t16-,17+/m0/s1. The van der Waals surface area contributed by atoms with Crippen LogP contribution in [-0.2, 0) is 13.1 Å². The van der Waals surface area contributed by atoms with E-state index < -0.39 is 0 Å². The van der Waals surface area contributed by atoms with Gasteiger partial charge in [0, 0.05) is 48.9 Å². The molecule has 2 atom stereocenters. The average molecular weight is 396 g/mol. The number of aromatic nitrogens is 3. The highest BCUT2D eigenvalue weighted by atomic mass is 16.2. The fraction of sp³-hybridized carbons (Fsp3) is 0.591. The van der Waals surface area contributed by atoms with Crippen molar-refractivity contribution in [2.75, 3.05) is 19.6 Å². The zero-order chi connectivity index (χ0) is 20.2. The Hall–Kier alpha value is -2.41. The highest BCUT2D eigenvalue weighted by Crippen LogP contribution is 2.46. The van der Waals surface area contributed by atoms with E-state index in [9.17, 15) is 9.59 Å². The molecule has 3 aliphatic rings. The Morgan fingerprint density at radius 1 is 1.31 bits per heavy atom. The van der Waals surface area contributed by atoms with Crippen LogP contribution in [0, 0.1) is 25.2 Å². The molecular weight excluding hydrogens is 366 g/mol. The number of carbonyl (C=O) groups is 1. The van der Waals surface area contributed by atoms with E-state index in [-0.39, 0.29) is 22.4 Å². The van der Waals surface area contributed by atoms with Crippen LogP contribution in [0.2, 0.25) is 0 Å². The molecule has 5 rings (SSSR count). The van der Waals surface area contributed by atoms with Gasteiger partial charge in [-0.25, -0.2) is 0 Å². The lowest BCUT2D eigenvalue weighted by Gasteiger charge is -2.37. The largest absolute Gasteiger partial charge is 0.351 e. The maximum absolute atomic E-state index is 13.0. The number of carbonyl (C=O) groups excluding carboxylic acids is 1. The van der Waals surface area contributed by atoms with Gasteiger partial charge in [0.15, 0.2) is 0 Å². The first-order chi connectivity index (χ1) is 13.9. The maximum Gasteiger partial charge on any atom is 0.263 e. The minimum atomic E-state index is -0.251. The molecule has 2 aliphatic heterocycles. The molecule has 4 heterocycles. The fourth-order valence-corrected chi connectivity index (χ4v) is 5.05. The smallest absolute Gasteiger partial charge is 0.263 e. The van der Waals surface area contributed by atoms with Gasteiger partial charge in [0.05, 0.1) is 5.69 Å². The Morgan fingerprint density at radius 2 is 2.14 bits per heavy atom. The minimum absolute atomic E-state index is 0.0615. The molecule has 1 saturated carbocycles. The molecule has 2 fully saturated rings. The van der Waals surface area contributed by atoms with Crippen LogP contribution in [0.25, 0.3) is 0 Å². The van der Waals surface area contributed by atoms with Crippen LogP contribution in [0.5, 0.6) is 0 Å². The van der Waals surface area contributed by atoms with E-state index in [0.29, 0.717) is 24.9 Å². The van der Waals surface area contributed by atoms with Crippen LogP contribution in [0.1, 0.15) is 52.6 Å². The second-order valence-electron chi connectivity index (χ2n) is 9.31. The highest BCUT2D eigenvalue weighted by Gasteiger charge is 2.44. The normalized spacial score (nSPS) is 24.1. The lowest BCUT2D eigenvalue weighted by Crippen LogP contribution is -2.46. The molecule has 0 spiro atoms. The number of nitrogens with one attached hydrogen (secondary N) is 2. The zero-order valence-corrected chi connectivity index (χ0v) is 17.2. The third-order valence-electron chi connectivity index (χ3n) is 6.92. The van der Waals surface area contributed by atoms with Crippen LogP contribution < -0.4 is 16.2 Å². The molecular formula is C22H29N5O2. The summed E-state index contributed by atoms with van der Waals surface area (Å²) in [6.45, 7) is 8.03. The van der Waals surface area contributed by atoms with Crippen molar-refractivity contribution in [3.63, 3.8) is 0 Å². The van der Waals surface area contributed by atoms with Crippen molar-refractivity contribution in [3.05, 3.63) is 51.2 Å². The number of hydrogen-bond donors (Lipinski definition) is 2. The summed E-state index contributed by atoms with van der Waals surface area (Å²) in [4.78, 5) is 25.9. The molecule has 0 radical (unpaired) electrons. The van der Waals surface area contributed by atoms with Crippen molar-refractivity contribution < 1.29 is 4.79 Å². The van der Waals surface area contributed by atoms with Gasteiger partial charge in [0.1, 0.15) is 5.56 Å². The number of aryl methyl sites for hydroxylation is 2. The lowest BCUT2D eigenvalue weighted by molar-refractivity contribution is 0.0939. The summed E-state index contributed by atoms with van der Waals surface area (Å²) >= 11 is 0. The van der Waals surface area contributed by atoms with Gasteiger partial charge in [-0.1, -0.05) is 0 Å². The second kappa shape index (κ2) is 6.83. The van der Waals surface area contributed by atoms with Gasteiger partial charge >= 0.3 is 0 Å². The van der Waals surface area contributed by atoms with Gasteiger partial charge < -0.3 is 15.2 Å². The van der Waals surface area contributed by atoms with E-state index in [2.05, 4.69) is 28.7 Å². The number of hydrogen-bond acceptors (Lipinski definition) is 4. The van der Waals surface area contributed by atoms with Crippen molar-refractivity contribution in [2.24, 2.45) is 11.3 Å². The molecule has 0 aromatic carbocycles. The van der Waals surface area contributed by atoms with Gasteiger partial charge in [-0.3, -0.25) is 14.3 Å². The van der Waals surface area contributed by atoms with Gasteiger partial charge in [0.2, 0.25) is 0 Å². The first kappa shape index (κ1) is 18.6. The van der Waals surface area contributed by atoms with Crippen molar-refractivity contribution >= 4 is 5.91 Å². The number of amides is 1. The summed E-state index contributed by atoms with van der Waals surface area (Å²) in [6, 6.07) is 5.78. The Balaban J connectivity index is 1.30. The third-order valence-corrected chi connectivity index (χ3v) is 6.92. The SMILES string of the molecule is Cc1cc(C)n(CC2(CNC(=O)c3ccc4n(c3=O)C[C@@H]3CNC[C@H]4C3)CC2)n1. The highest BCUT2D eigenvalue weighted by molar-refractivity contribution is 5.93. The molecule has 1 aliphatic carbocycles. The molecule has 2 N–H and O–H groups in total. The van der Waals surface area contributed by atoms with Gasteiger partial charge in [-0.2, -0.15) is 5.10 Å². The number of fused-ring (bicyclic) bond motifs is 4. The van der Waals surface area contributed by atoms with Crippen LogP contribution in [0.4, 0.5) is 0 Å². The summed E-state index contributed by atoms with van der Waals surface area (Å²) in [6.07, 6.45) is 3.28. The molecule has 0 unspecified atom stereocenters. The summed E-state index contributed by atoms with van der Waals surface area (Å²) in [5, 5.41) is 11.0. The summed E-state index contributed by atoms with van der Waals surface area (Å²) in [7, 11) is 0. The Labute approximate surface area is 170 Å². The Bertz CT molecular complexity index is 1020.